The molecule has 0 aliphatic carbocycles. The monoisotopic (exact) mass is 420 g/mol. The van der Waals surface area contributed by atoms with Crippen molar-refractivity contribution in [2.45, 2.75) is 12.5 Å². The van der Waals surface area contributed by atoms with E-state index in [4.69, 9.17) is 10.5 Å². The van der Waals surface area contributed by atoms with Crippen LogP contribution in [0.3, 0.4) is 0 Å². The minimum absolute atomic E-state index is 0.0455. The highest BCUT2D eigenvalue weighted by Crippen LogP contribution is 2.45. The van der Waals surface area contributed by atoms with E-state index in [9.17, 15) is 18.0 Å². The molecule has 2 aliphatic heterocycles. The fourth-order valence-corrected chi connectivity index (χ4v) is 3.97. The van der Waals surface area contributed by atoms with Gasteiger partial charge in [0.15, 0.2) is 5.96 Å². The van der Waals surface area contributed by atoms with E-state index in [2.05, 4.69) is 15.0 Å². The van der Waals surface area contributed by atoms with E-state index in [1.165, 1.54) is 26.0 Å². The van der Waals surface area contributed by atoms with Crippen LogP contribution in [-0.4, -0.2) is 54.0 Å². The number of carbonyl (C=O) groups is 1. The molecule has 2 atom stereocenters. The van der Waals surface area contributed by atoms with Crippen molar-refractivity contribution in [3.63, 3.8) is 0 Å². The van der Waals surface area contributed by atoms with E-state index in [0.717, 1.165) is 18.2 Å². The lowest BCUT2D eigenvalue weighted by Gasteiger charge is -2.37. The second-order valence-electron chi connectivity index (χ2n) is 7.28. The molecule has 0 bridgehead atoms. The molecule has 1 fully saturated rings. The molecule has 2 unspecified atom stereocenters. The van der Waals surface area contributed by atoms with Gasteiger partial charge in [0.1, 0.15) is 17.2 Å². The average molecular weight is 420 g/mol. The summed E-state index contributed by atoms with van der Waals surface area (Å²) in [6, 6.07) is 2.98. The summed E-state index contributed by atoms with van der Waals surface area (Å²) in [5.74, 6) is -3.67. The molecule has 0 saturated carbocycles. The predicted molar refractivity (Wildman–Crippen MR) is 101 cm³/mol. The van der Waals surface area contributed by atoms with Gasteiger partial charge in [0.2, 0.25) is 17.7 Å². The SMILES string of the molecule is COc1nc(N2CC3C(=O)N(C)C(N)=NC3(c3cc(F)ccc3F)C2)nc(C)c1F. The van der Waals surface area contributed by atoms with Crippen molar-refractivity contribution >= 4 is 17.8 Å². The highest BCUT2D eigenvalue weighted by Gasteiger charge is 2.57. The van der Waals surface area contributed by atoms with Crippen LogP contribution in [-0.2, 0) is 10.3 Å². The first-order valence-corrected chi connectivity index (χ1v) is 9.09. The number of rotatable bonds is 3. The van der Waals surface area contributed by atoms with Gasteiger partial charge in [-0.05, 0) is 25.1 Å². The smallest absolute Gasteiger partial charge is 0.255 e. The molecule has 8 nitrogen and oxygen atoms in total. The molecule has 2 aromatic rings. The Balaban J connectivity index is 1.88. The summed E-state index contributed by atoms with van der Waals surface area (Å²) < 4.78 is 47.9. The molecule has 1 amide bonds. The van der Waals surface area contributed by atoms with Crippen LogP contribution < -0.4 is 15.4 Å². The maximum Gasteiger partial charge on any atom is 0.255 e. The van der Waals surface area contributed by atoms with Gasteiger partial charge in [0.05, 0.1) is 25.3 Å². The number of methoxy groups -OCH3 is 1. The molecule has 1 aromatic heterocycles. The van der Waals surface area contributed by atoms with E-state index >= 15 is 0 Å². The quantitative estimate of drug-likeness (QED) is 0.805. The van der Waals surface area contributed by atoms with Crippen LogP contribution in [0.15, 0.2) is 23.2 Å². The Kier molecular flexibility index (Phi) is 4.55. The lowest BCUT2D eigenvalue weighted by molar-refractivity contribution is -0.132. The van der Waals surface area contributed by atoms with Crippen LogP contribution in [0.2, 0.25) is 0 Å². The van der Waals surface area contributed by atoms with Crippen molar-refractivity contribution in [1.82, 2.24) is 14.9 Å². The Morgan fingerprint density at radius 3 is 2.70 bits per heavy atom. The first-order chi connectivity index (χ1) is 14.2. The van der Waals surface area contributed by atoms with Crippen molar-refractivity contribution < 1.29 is 22.7 Å². The van der Waals surface area contributed by atoms with Gasteiger partial charge in [-0.1, -0.05) is 0 Å². The molecule has 1 saturated heterocycles. The van der Waals surface area contributed by atoms with Gasteiger partial charge in [-0.2, -0.15) is 9.37 Å². The number of nitrogens with zero attached hydrogens (tertiary/aromatic N) is 5. The number of anilines is 1. The summed E-state index contributed by atoms with van der Waals surface area (Å²) in [5.41, 5.74) is 4.39. The molecule has 2 N–H and O–H groups in total. The summed E-state index contributed by atoms with van der Waals surface area (Å²) >= 11 is 0. The van der Waals surface area contributed by atoms with E-state index in [-0.39, 0.29) is 42.1 Å². The van der Waals surface area contributed by atoms with Crippen molar-refractivity contribution in [3.05, 3.63) is 46.9 Å². The summed E-state index contributed by atoms with van der Waals surface area (Å²) in [5, 5.41) is 0. The molecule has 0 radical (unpaired) electrons. The van der Waals surface area contributed by atoms with Gasteiger partial charge in [-0.25, -0.2) is 18.8 Å². The van der Waals surface area contributed by atoms with Crippen molar-refractivity contribution in [2.75, 3.05) is 32.1 Å². The van der Waals surface area contributed by atoms with Crippen molar-refractivity contribution in [2.24, 2.45) is 16.6 Å². The van der Waals surface area contributed by atoms with E-state index in [1.54, 1.807) is 4.90 Å². The molecular weight excluding hydrogens is 401 g/mol. The molecule has 30 heavy (non-hydrogen) atoms. The number of nitrogens with two attached hydrogens (primary N) is 1. The highest BCUT2D eigenvalue weighted by atomic mass is 19.1. The number of ether oxygens (including phenoxy) is 1. The minimum Gasteiger partial charge on any atom is -0.479 e. The maximum atomic E-state index is 14.8. The van der Waals surface area contributed by atoms with Gasteiger partial charge in [0.25, 0.3) is 5.88 Å². The molecule has 3 heterocycles. The topological polar surface area (TPSA) is 96.9 Å². The number of guanidine groups is 1. The Labute approximate surface area is 170 Å². The zero-order valence-corrected chi connectivity index (χ0v) is 16.5. The van der Waals surface area contributed by atoms with Gasteiger partial charge in [-0.15, -0.1) is 0 Å². The van der Waals surface area contributed by atoms with Crippen LogP contribution in [0.1, 0.15) is 11.3 Å². The number of hydrogen-bond acceptors (Lipinski definition) is 7. The normalized spacial score (nSPS) is 23.5. The zero-order valence-electron chi connectivity index (χ0n) is 16.5. The minimum atomic E-state index is -1.49. The number of fused-ring (bicyclic) bond motifs is 1. The maximum absolute atomic E-state index is 14.8. The second kappa shape index (κ2) is 6.85. The Bertz CT molecular complexity index is 1080. The lowest BCUT2D eigenvalue weighted by atomic mass is 9.79. The number of amides is 1. The van der Waals surface area contributed by atoms with Crippen LogP contribution in [0.25, 0.3) is 0 Å². The van der Waals surface area contributed by atoms with Gasteiger partial charge < -0.3 is 15.4 Å². The number of hydrogen-bond donors (Lipinski definition) is 1. The fraction of sp³-hybridized carbons (Fsp3) is 0.368. The van der Waals surface area contributed by atoms with Crippen LogP contribution >= 0.6 is 0 Å². The third-order valence-electron chi connectivity index (χ3n) is 5.54. The van der Waals surface area contributed by atoms with Crippen molar-refractivity contribution in [3.8, 4) is 5.88 Å². The average Bonchev–Trinajstić information content (AvgIpc) is 3.10. The number of benzene rings is 1. The number of carbonyl (C=O) groups excluding carboxylic acids is 1. The Hall–Kier alpha value is -3.37. The number of halogens is 3. The highest BCUT2D eigenvalue weighted by molar-refractivity contribution is 6.01. The van der Waals surface area contributed by atoms with Gasteiger partial charge in [0, 0.05) is 19.2 Å². The summed E-state index contributed by atoms with van der Waals surface area (Å²) in [6.45, 7) is 1.43. The van der Waals surface area contributed by atoms with E-state index < -0.39 is 34.8 Å². The van der Waals surface area contributed by atoms with Crippen molar-refractivity contribution in [1.29, 1.82) is 0 Å². The van der Waals surface area contributed by atoms with E-state index in [0.29, 0.717) is 0 Å². The second-order valence-corrected chi connectivity index (χ2v) is 7.28. The molecule has 158 valence electrons. The van der Waals surface area contributed by atoms with Gasteiger partial charge >= 0.3 is 0 Å². The van der Waals surface area contributed by atoms with Gasteiger partial charge in [-0.3, -0.25) is 9.69 Å². The fourth-order valence-electron chi connectivity index (χ4n) is 3.97. The third kappa shape index (κ3) is 2.84. The first kappa shape index (κ1) is 19.9. The molecule has 0 spiro atoms. The van der Waals surface area contributed by atoms with E-state index in [1.807, 2.05) is 0 Å². The van der Waals surface area contributed by atoms with Crippen LogP contribution in [0.4, 0.5) is 19.1 Å². The Morgan fingerprint density at radius 2 is 2.00 bits per heavy atom. The molecule has 11 heteroatoms. The molecule has 4 rings (SSSR count). The largest absolute Gasteiger partial charge is 0.479 e. The lowest BCUT2D eigenvalue weighted by Crippen LogP contribution is -2.54. The summed E-state index contributed by atoms with van der Waals surface area (Å²) in [6.07, 6.45) is 0. The Morgan fingerprint density at radius 1 is 1.27 bits per heavy atom. The number of aryl methyl sites for hydroxylation is 1. The number of aromatic nitrogens is 2. The first-order valence-electron chi connectivity index (χ1n) is 9.09. The third-order valence-corrected chi connectivity index (χ3v) is 5.54. The summed E-state index contributed by atoms with van der Waals surface area (Å²) in [7, 11) is 2.72. The predicted octanol–water partition coefficient (Wildman–Crippen LogP) is 1.33. The van der Waals surface area contributed by atoms with Crippen LogP contribution in [0.5, 0.6) is 5.88 Å². The standard InChI is InChI=1S/C19H19F3N6O2/c1-9-14(22)15(30-3)25-18(24-9)28-7-12-16(29)27(2)17(23)26-19(12,8-28)11-6-10(20)4-5-13(11)21/h4-6,12H,7-8H2,1-3H3,(H2,23,26). The zero-order chi connectivity index (χ0) is 21.8. The molecule has 1 aromatic carbocycles. The molecule has 2 aliphatic rings. The molecular formula is C19H19F3N6O2. The van der Waals surface area contributed by atoms with Crippen LogP contribution in [0, 0.1) is 30.3 Å². The number of aliphatic imine (C=N–C) groups is 1. The summed E-state index contributed by atoms with van der Waals surface area (Å²) in [4.78, 5) is 28.4.